The van der Waals surface area contributed by atoms with E-state index in [1.54, 1.807) is 17.1 Å². The number of aliphatic carboxylic acids is 1. The summed E-state index contributed by atoms with van der Waals surface area (Å²) < 4.78 is 7.52. The Hall–Kier alpha value is -2.25. The molecule has 2 aromatic rings. The summed E-state index contributed by atoms with van der Waals surface area (Å²) in [5, 5.41) is 12.9. The number of carboxylic acids is 1. The molecule has 0 bridgehead atoms. The molecule has 1 atom stereocenters. The van der Waals surface area contributed by atoms with E-state index in [2.05, 4.69) is 15.0 Å². The molecular formula is C16H20N4O3. The van der Waals surface area contributed by atoms with Gasteiger partial charge in [0.2, 0.25) is 0 Å². The van der Waals surface area contributed by atoms with Crippen LogP contribution in [0.1, 0.15) is 23.7 Å². The van der Waals surface area contributed by atoms with Gasteiger partial charge < -0.3 is 9.84 Å². The van der Waals surface area contributed by atoms with Crippen LogP contribution in [-0.2, 0) is 22.6 Å². The maximum Gasteiger partial charge on any atom is 0.305 e. The van der Waals surface area contributed by atoms with Gasteiger partial charge in [0.05, 0.1) is 31.9 Å². The highest BCUT2D eigenvalue weighted by Crippen LogP contribution is 2.22. The molecule has 3 rings (SSSR count). The zero-order valence-electron chi connectivity index (χ0n) is 12.8. The molecule has 0 unspecified atom stereocenters. The Morgan fingerprint density at radius 1 is 1.43 bits per heavy atom. The summed E-state index contributed by atoms with van der Waals surface area (Å²) in [6.45, 7) is 3.56. The minimum Gasteiger partial charge on any atom is -0.481 e. The number of nitrogens with zero attached hydrogens (tertiary/aromatic N) is 4. The largest absolute Gasteiger partial charge is 0.481 e. The second kappa shape index (κ2) is 7.34. The van der Waals surface area contributed by atoms with Crippen molar-refractivity contribution in [3.8, 4) is 0 Å². The van der Waals surface area contributed by atoms with E-state index in [0.717, 1.165) is 30.8 Å². The van der Waals surface area contributed by atoms with E-state index in [1.807, 2.05) is 24.5 Å². The molecule has 0 radical (unpaired) electrons. The van der Waals surface area contributed by atoms with E-state index in [0.29, 0.717) is 13.2 Å². The Labute approximate surface area is 134 Å². The predicted molar refractivity (Wildman–Crippen MR) is 82.7 cm³/mol. The lowest BCUT2D eigenvalue weighted by Gasteiger charge is -2.32. The standard InChI is InChI=1S/C16H20N4O3/c21-16(22)3-5-20-11-13(8-18-20)10-19-6-7-23-15(12-19)14-2-1-4-17-9-14/h1-2,4,8-9,11,15H,3,5-7,10,12H2,(H,21,22)/t15-/m0/s1. The normalized spacial score (nSPS) is 18.9. The van der Waals surface area contributed by atoms with E-state index in [-0.39, 0.29) is 12.5 Å². The van der Waals surface area contributed by atoms with Gasteiger partial charge in [-0.05, 0) is 6.07 Å². The number of rotatable bonds is 6. The summed E-state index contributed by atoms with van der Waals surface area (Å²) in [6.07, 6.45) is 7.45. The fraction of sp³-hybridized carbons (Fsp3) is 0.438. The van der Waals surface area contributed by atoms with Gasteiger partial charge in [-0.25, -0.2) is 0 Å². The number of carboxylic acid groups (broad SMARTS) is 1. The molecule has 1 fully saturated rings. The van der Waals surface area contributed by atoms with Gasteiger partial charge in [-0.3, -0.25) is 19.4 Å². The molecule has 23 heavy (non-hydrogen) atoms. The molecule has 3 heterocycles. The average Bonchev–Trinajstić information content (AvgIpc) is 3.01. The molecule has 2 aromatic heterocycles. The number of aryl methyl sites for hydroxylation is 1. The first-order valence-corrected chi connectivity index (χ1v) is 7.68. The second-order valence-corrected chi connectivity index (χ2v) is 5.64. The van der Waals surface area contributed by atoms with Gasteiger partial charge in [-0.2, -0.15) is 5.10 Å². The summed E-state index contributed by atoms with van der Waals surface area (Å²) in [6, 6.07) is 3.95. The molecule has 7 heteroatoms. The third-order valence-corrected chi connectivity index (χ3v) is 3.85. The molecule has 0 aliphatic carbocycles. The highest BCUT2D eigenvalue weighted by atomic mass is 16.5. The average molecular weight is 316 g/mol. The van der Waals surface area contributed by atoms with Crippen LogP contribution in [0.4, 0.5) is 0 Å². The van der Waals surface area contributed by atoms with E-state index in [1.165, 1.54) is 0 Å². The van der Waals surface area contributed by atoms with E-state index in [9.17, 15) is 4.79 Å². The first kappa shape index (κ1) is 15.6. The number of pyridine rings is 1. The van der Waals surface area contributed by atoms with E-state index in [4.69, 9.17) is 9.84 Å². The van der Waals surface area contributed by atoms with Crippen molar-refractivity contribution in [1.29, 1.82) is 0 Å². The second-order valence-electron chi connectivity index (χ2n) is 5.64. The molecule has 1 aliphatic heterocycles. The summed E-state index contributed by atoms with van der Waals surface area (Å²) in [5.41, 5.74) is 2.18. The summed E-state index contributed by atoms with van der Waals surface area (Å²) in [7, 11) is 0. The maximum absolute atomic E-state index is 10.6. The summed E-state index contributed by atoms with van der Waals surface area (Å²) in [4.78, 5) is 17.1. The lowest BCUT2D eigenvalue weighted by Crippen LogP contribution is -2.37. The van der Waals surface area contributed by atoms with Gasteiger partial charge in [-0.1, -0.05) is 6.07 Å². The van der Waals surface area contributed by atoms with Crippen LogP contribution in [0.5, 0.6) is 0 Å². The van der Waals surface area contributed by atoms with Crippen LogP contribution in [0.2, 0.25) is 0 Å². The molecule has 0 spiro atoms. The van der Waals surface area contributed by atoms with Crippen LogP contribution in [0.15, 0.2) is 36.9 Å². The van der Waals surface area contributed by atoms with Crippen molar-refractivity contribution in [2.24, 2.45) is 0 Å². The van der Waals surface area contributed by atoms with Gasteiger partial charge in [0.15, 0.2) is 0 Å². The Morgan fingerprint density at radius 3 is 3.13 bits per heavy atom. The Morgan fingerprint density at radius 2 is 2.35 bits per heavy atom. The Kier molecular flexibility index (Phi) is 4.99. The third-order valence-electron chi connectivity index (χ3n) is 3.85. The fourth-order valence-electron chi connectivity index (χ4n) is 2.69. The number of hydrogen-bond acceptors (Lipinski definition) is 5. The number of morpholine rings is 1. The van der Waals surface area contributed by atoms with Crippen LogP contribution in [0.3, 0.4) is 0 Å². The number of aromatic nitrogens is 3. The molecule has 1 N–H and O–H groups in total. The number of ether oxygens (including phenoxy) is 1. The first-order chi connectivity index (χ1) is 11.2. The van der Waals surface area contributed by atoms with Crippen molar-refractivity contribution < 1.29 is 14.6 Å². The van der Waals surface area contributed by atoms with Crippen LogP contribution >= 0.6 is 0 Å². The smallest absolute Gasteiger partial charge is 0.305 e. The van der Waals surface area contributed by atoms with Crippen LogP contribution in [-0.4, -0.2) is 50.4 Å². The van der Waals surface area contributed by atoms with Crippen molar-refractivity contribution >= 4 is 5.97 Å². The highest BCUT2D eigenvalue weighted by Gasteiger charge is 2.22. The third kappa shape index (κ3) is 4.37. The van der Waals surface area contributed by atoms with E-state index < -0.39 is 5.97 Å². The monoisotopic (exact) mass is 316 g/mol. The van der Waals surface area contributed by atoms with Gasteiger partial charge in [-0.15, -0.1) is 0 Å². The molecular weight excluding hydrogens is 296 g/mol. The molecule has 7 nitrogen and oxygen atoms in total. The zero-order valence-corrected chi connectivity index (χ0v) is 12.8. The number of carbonyl (C=O) groups is 1. The van der Waals surface area contributed by atoms with Gasteiger partial charge in [0, 0.05) is 49.4 Å². The van der Waals surface area contributed by atoms with E-state index >= 15 is 0 Å². The van der Waals surface area contributed by atoms with Crippen LogP contribution in [0.25, 0.3) is 0 Å². The number of hydrogen-bond donors (Lipinski definition) is 1. The van der Waals surface area contributed by atoms with Crippen LogP contribution < -0.4 is 0 Å². The Bertz CT molecular complexity index is 644. The minimum absolute atomic E-state index is 0.0412. The molecule has 1 saturated heterocycles. The SMILES string of the molecule is O=C(O)CCn1cc(CN2CCO[C@H](c3cccnc3)C2)cn1. The van der Waals surface area contributed by atoms with Crippen LogP contribution in [0, 0.1) is 0 Å². The van der Waals surface area contributed by atoms with Crippen molar-refractivity contribution in [1.82, 2.24) is 19.7 Å². The molecule has 122 valence electrons. The quantitative estimate of drug-likeness (QED) is 0.866. The zero-order chi connectivity index (χ0) is 16.1. The van der Waals surface area contributed by atoms with Crippen molar-refractivity contribution in [2.45, 2.75) is 25.6 Å². The lowest BCUT2D eigenvalue weighted by molar-refractivity contribution is -0.137. The van der Waals surface area contributed by atoms with Gasteiger partial charge in [0.25, 0.3) is 0 Å². The predicted octanol–water partition coefficient (Wildman–Crippen LogP) is 1.33. The molecule has 1 aliphatic rings. The van der Waals surface area contributed by atoms with Crippen molar-refractivity contribution in [3.05, 3.63) is 48.0 Å². The molecule has 0 amide bonds. The lowest BCUT2D eigenvalue weighted by atomic mass is 10.1. The fourth-order valence-corrected chi connectivity index (χ4v) is 2.69. The minimum atomic E-state index is -0.811. The summed E-state index contributed by atoms with van der Waals surface area (Å²) >= 11 is 0. The van der Waals surface area contributed by atoms with Crippen molar-refractivity contribution in [3.63, 3.8) is 0 Å². The van der Waals surface area contributed by atoms with Crippen molar-refractivity contribution in [2.75, 3.05) is 19.7 Å². The maximum atomic E-state index is 10.6. The molecule has 0 saturated carbocycles. The summed E-state index contributed by atoms with van der Waals surface area (Å²) in [5.74, 6) is -0.811. The van der Waals surface area contributed by atoms with Gasteiger partial charge in [0.1, 0.15) is 0 Å². The van der Waals surface area contributed by atoms with Gasteiger partial charge >= 0.3 is 5.97 Å². The highest BCUT2D eigenvalue weighted by molar-refractivity contribution is 5.66. The first-order valence-electron chi connectivity index (χ1n) is 7.68. The topological polar surface area (TPSA) is 80.5 Å². The molecule has 0 aromatic carbocycles. The Balaban J connectivity index is 1.56.